The van der Waals surface area contributed by atoms with Gasteiger partial charge in [-0.15, -0.1) is 0 Å². The van der Waals surface area contributed by atoms with Crippen LogP contribution in [-0.2, 0) is 4.79 Å². The SMILES string of the molecule is CNC(=O)C1CCCN(CC(O)c2ccccc2N)C1. The number of carbonyl (C=O) groups excluding carboxylic acids is 1. The number of aliphatic hydroxyl groups is 1. The smallest absolute Gasteiger partial charge is 0.224 e. The lowest BCUT2D eigenvalue weighted by Crippen LogP contribution is -2.43. The van der Waals surface area contributed by atoms with Crippen molar-refractivity contribution >= 4 is 11.6 Å². The second kappa shape index (κ2) is 6.72. The highest BCUT2D eigenvalue weighted by atomic mass is 16.3. The Morgan fingerprint density at radius 2 is 2.30 bits per heavy atom. The molecule has 0 aromatic heterocycles. The molecule has 20 heavy (non-hydrogen) atoms. The molecule has 0 aliphatic carbocycles. The fourth-order valence-corrected chi connectivity index (χ4v) is 2.80. The average Bonchev–Trinajstić information content (AvgIpc) is 2.47. The van der Waals surface area contributed by atoms with Gasteiger partial charge < -0.3 is 16.2 Å². The number of likely N-dealkylation sites (tertiary alicyclic amines) is 1. The minimum absolute atomic E-state index is 0.0223. The van der Waals surface area contributed by atoms with Crippen molar-refractivity contribution in [1.82, 2.24) is 10.2 Å². The highest BCUT2D eigenvalue weighted by Crippen LogP contribution is 2.23. The monoisotopic (exact) mass is 277 g/mol. The predicted molar refractivity (Wildman–Crippen MR) is 79.0 cm³/mol. The molecule has 0 bridgehead atoms. The van der Waals surface area contributed by atoms with Crippen molar-refractivity contribution < 1.29 is 9.90 Å². The number of carbonyl (C=O) groups is 1. The number of nitrogens with zero attached hydrogens (tertiary/aromatic N) is 1. The number of benzene rings is 1. The zero-order chi connectivity index (χ0) is 14.5. The van der Waals surface area contributed by atoms with Gasteiger partial charge in [0.25, 0.3) is 0 Å². The Morgan fingerprint density at radius 3 is 3.00 bits per heavy atom. The molecule has 5 nitrogen and oxygen atoms in total. The van der Waals surface area contributed by atoms with Crippen LogP contribution in [0.5, 0.6) is 0 Å². The Labute approximate surface area is 119 Å². The van der Waals surface area contributed by atoms with E-state index in [9.17, 15) is 9.90 Å². The Balaban J connectivity index is 1.96. The molecule has 2 unspecified atom stereocenters. The van der Waals surface area contributed by atoms with E-state index in [1.54, 1.807) is 13.1 Å². The number of hydrogen-bond acceptors (Lipinski definition) is 4. The molecule has 1 heterocycles. The van der Waals surface area contributed by atoms with E-state index in [1.807, 2.05) is 18.2 Å². The summed E-state index contributed by atoms with van der Waals surface area (Å²) >= 11 is 0. The van der Waals surface area contributed by atoms with Gasteiger partial charge in [-0.1, -0.05) is 18.2 Å². The zero-order valence-electron chi connectivity index (χ0n) is 11.9. The molecular formula is C15H23N3O2. The van der Waals surface area contributed by atoms with Crippen LogP contribution in [0.2, 0.25) is 0 Å². The zero-order valence-corrected chi connectivity index (χ0v) is 11.9. The standard InChI is InChI=1S/C15H23N3O2/c1-17-15(20)11-5-4-8-18(9-11)10-14(19)12-6-2-3-7-13(12)16/h2-3,6-7,11,14,19H,4-5,8-10,16H2,1H3,(H,17,20). The van der Waals surface area contributed by atoms with E-state index in [1.165, 1.54) is 0 Å². The van der Waals surface area contributed by atoms with E-state index < -0.39 is 6.10 Å². The Hall–Kier alpha value is -1.59. The van der Waals surface area contributed by atoms with Gasteiger partial charge >= 0.3 is 0 Å². The summed E-state index contributed by atoms with van der Waals surface area (Å²) in [6.07, 6.45) is 1.29. The van der Waals surface area contributed by atoms with Gasteiger partial charge in [-0.05, 0) is 25.5 Å². The average molecular weight is 277 g/mol. The van der Waals surface area contributed by atoms with E-state index in [4.69, 9.17) is 5.73 Å². The molecule has 1 aliphatic heterocycles. The van der Waals surface area contributed by atoms with E-state index >= 15 is 0 Å². The maximum Gasteiger partial charge on any atom is 0.224 e. The van der Waals surface area contributed by atoms with Gasteiger partial charge in [-0.3, -0.25) is 9.69 Å². The quantitative estimate of drug-likeness (QED) is 0.710. The predicted octanol–water partition coefficient (Wildman–Crippen LogP) is 0.760. The summed E-state index contributed by atoms with van der Waals surface area (Å²) in [5.74, 6) is 0.109. The molecule has 1 aromatic carbocycles. The first kappa shape index (κ1) is 14.8. The number of β-amino-alcohol motifs (C(OH)–C–C–N with tert-alkyl or cyclic N) is 1. The third kappa shape index (κ3) is 3.49. The van der Waals surface area contributed by atoms with Gasteiger partial charge in [0.15, 0.2) is 0 Å². The van der Waals surface area contributed by atoms with Crippen LogP contribution in [0, 0.1) is 5.92 Å². The van der Waals surface area contributed by atoms with Crippen molar-refractivity contribution in [2.45, 2.75) is 18.9 Å². The molecule has 2 atom stereocenters. The first-order chi connectivity index (χ1) is 9.61. The van der Waals surface area contributed by atoms with Crippen LogP contribution in [0.4, 0.5) is 5.69 Å². The summed E-state index contributed by atoms with van der Waals surface area (Å²) in [7, 11) is 1.67. The number of nitrogen functional groups attached to an aromatic ring is 1. The van der Waals surface area contributed by atoms with Crippen LogP contribution in [-0.4, -0.2) is 42.6 Å². The van der Waals surface area contributed by atoms with E-state index in [2.05, 4.69) is 10.2 Å². The lowest BCUT2D eigenvalue weighted by atomic mass is 9.96. The van der Waals surface area contributed by atoms with Crippen LogP contribution in [0.25, 0.3) is 0 Å². The second-order valence-electron chi connectivity index (χ2n) is 5.36. The van der Waals surface area contributed by atoms with E-state index in [-0.39, 0.29) is 11.8 Å². The normalized spacial score (nSPS) is 21.4. The molecule has 1 fully saturated rings. The third-order valence-electron chi connectivity index (χ3n) is 3.91. The lowest BCUT2D eigenvalue weighted by Gasteiger charge is -2.33. The number of piperidine rings is 1. The van der Waals surface area contributed by atoms with Crippen LogP contribution < -0.4 is 11.1 Å². The molecule has 4 N–H and O–H groups in total. The summed E-state index contributed by atoms with van der Waals surface area (Å²) in [5, 5.41) is 13.0. The highest BCUT2D eigenvalue weighted by Gasteiger charge is 2.26. The minimum Gasteiger partial charge on any atom is -0.398 e. The summed E-state index contributed by atoms with van der Waals surface area (Å²) in [6, 6.07) is 7.37. The molecule has 1 saturated heterocycles. The lowest BCUT2D eigenvalue weighted by molar-refractivity contribution is -0.126. The molecule has 5 heteroatoms. The maximum atomic E-state index is 11.7. The fraction of sp³-hybridized carbons (Fsp3) is 0.533. The number of hydrogen-bond donors (Lipinski definition) is 3. The van der Waals surface area contributed by atoms with Crippen molar-refractivity contribution in [2.24, 2.45) is 5.92 Å². The molecule has 1 aromatic rings. The number of rotatable bonds is 4. The number of nitrogens with one attached hydrogen (secondary N) is 1. The number of amides is 1. The topological polar surface area (TPSA) is 78.6 Å². The van der Waals surface area contributed by atoms with E-state index in [0.29, 0.717) is 18.8 Å². The van der Waals surface area contributed by atoms with Gasteiger partial charge in [-0.2, -0.15) is 0 Å². The molecule has 0 spiro atoms. The number of anilines is 1. The van der Waals surface area contributed by atoms with Gasteiger partial charge in [0.05, 0.1) is 12.0 Å². The number of para-hydroxylation sites is 1. The Morgan fingerprint density at radius 1 is 1.55 bits per heavy atom. The second-order valence-corrected chi connectivity index (χ2v) is 5.36. The van der Waals surface area contributed by atoms with Crippen molar-refractivity contribution in [3.8, 4) is 0 Å². The summed E-state index contributed by atoms with van der Waals surface area (Å²) in [4.78, 5) is 13.8. The molecule has 2 rings (SSSR count). The van der Waals surface area contributed by atoms with Crippen LogP contribution >= 0.6 is 0 Å². The van der Waals surface area contributed by atoms with Gasteiger partial charge in [0.2, 0.25) is 5.91 Å². The van der Waals surface area contributed by atoms with Crippen molar-refractivity contribution in [1.29, 1.82) is 0 Å². The molecule has 1 aliphatic rings. The van der Waals surface area contributed by atoms with Crippen LogP contribution in [0.15, 0.2) is 24.3 Å². The number of nitrogens with two attached hydrogens (primary N) is 1. The van der Waals surface area contributed by atoms with Crippen LogP contribution in [0.3, 0.4) is 0 Å². The Kier molecular flexibility index (Phi) is 4.98. The van der Waals surface area contributed by atoms with Crippen molar-refractivity contribution in [3.63, 3.8) is 0 Å². The third-order valence-corrected chi connectivity index (χ3v) is 3.91. The van der Waals surface area contributed by atoms with Gasteiger partial charge in [0.1, 0.15) is 0 Å². The van der Waals surface area contributed by atoms with Crippen molar-refractivity contribution in [2.75, 3.05) is 32.4 Å². The molecular weight excluding hydrogens is 254 g/mol. The largest absolute Gasteiger partial charge is 0.398 e. The first-order valence-corrected chi connectivity index (χ1v) is 7.08. The van der Waals surface area contributed by atoms with Gasteiger partial charge in [0, 0.05) is 31.4 Å². The fourth-order valence-electron chi connectivity index (χ4n) is 2.80. The van der Waals surface area contributed by atoms with Crippen LogP contribution in [0.1, 0.15) is 24.5 Å². The summed E-state index contributed by atoms with van der Waals surface area (Å²) < 4.78 is 0. The van der Waals surface area contributed by atoms with Crippen molar-refractivity contribution in [3.05, 3.63) is 29.8 Å². The summed E-state index contributed by atoms with van der Waals surface area (Å²) in [5.41, 5.74) is 7.25. The summed E-state index contributed by atoms with van der Waals surface area (Å²) in [6.45, 7) is 2.13. The maximum absolute atomic E-state index is 11.7. The highest BCUT2D eigenvalue weighted by molar-refractivity contribution is 5.78. The minimum atomic E-state index is -0.611. The molecule has 0 radical (unpaired) electrons. The molecule has 1 amide bonds. The van der Waals surface area contributed by atoms with E-state index in [0.717, 1.165) is 24.9 Å². The Bertz CT molecular complexity index is 464. The first-order valence-electron chi connectivity index (χ1n) is 7.08. The molecule has 0 saturated carbocycles. The number of aliphatic hydroxyl groups excluding tert-OH is 1. The molecule has 110 valence electrons. The van der Waals surface area contributed by atoms with Gasteiger partial charge in [-0.25, -0.2) is 0 Å².